The van der Waals surface area contributed by atoms with E-state index < -0.39 is 11.5 Å². The maximum atomic E-state index is 12.3. The summed E-state index contributed by atoms with van der Waals surface area (Å²) in [6.07, 6.45) is 5.76. The van der Waals surface area contributed by atoms with E-state index in [2.05, 4.69) is 25.4 Å². The van der Waals surface area contributed by atoms with Crippen LogP contribution in [-0.4, -0.2) is 26.0 Å². The van der Waals surface area contributed by atoms with Gasteiger partial charge in [0.1, 0.15) is 0 Å². The zero-order valence-corrected chi connectivity index (χ0v) is 14.2. The fraction of sp³-hybridized carbons (Fsp3) is 0.389. The van der Waals surface area contributed by atoms with E-state index in [1.165, 1.54) is 19.3 Å². The van der Waals surface area contributed by atoms with E-state index in [4.69, 9.17) is 4.52 Å². The number of aromatic amines is 1. The predicted octanol–water partition coefficient (Wildman–Crippen LogP) is 2.28. The molecule has 2 aromatic heterocycles. The van der Waals surface area contributed by atoms with E-state index >= 15 is 0 Å². The molecule has 2 heterocycles. The molecule has 1 aliphatic rings. The predicted molar refractivity (Wildman–Crippen MR) is 93.7 cm³/mol. The van der Waals surface area contributed by atoms with Gasteiger partial charge in [-0.2, -0.15) is 4.98 Å². The van der Waals surface area contributed by atoms with Crippen LogP contribution in [0.2, 0.25) is 0 Å². The van der Waals surface area contributed by atoms with Crippen molar-refractivity contribution in [3.05, 3.63) is 52.0 Å². The van der Waals surface area contributed by atoms with E-state index in [9.17, 15) is 9.59 Å². The van der Waals surface area contributed by atoms with Gasteiger partial charge in [-0.15, -0.1) is 0 Å². The molecule has 0 bridgehead atoms. The quantitative estimate of drug-likeness (QED) is 0.744. The molecule has 1 aliphatic carbocycles. The minimum atomic E-state index is -0.575. The first-order valence-electron chi connectivity index (χ1n) is 8.80. The van der Waals surface area contributed by atoms with Crippen LogP contribution in [0.1, 0.15) is 60.2 Å². The third-order valence-corrected chi connectivity index (χ3v) is 4.67. The van der Waals surface area contributed by atoms with Crippen LogP contribution in [0, 0.1) is 0 Å². The molecule has 0 saturated heterocycles. The molecular weight excluding hydrogens is 334 g/mol. The SMILES string of the molecule is O=C(NCc1nc(C2CCCCC2)no1)c1nc2ccccc2[nH]c1=O. The fourth-order valence-electron chi connectivity index (χ4n) is 3.29. The molecule has 0 spiro atoms. The van der Waals surface area contributed by atoms with Crippen molar-refractivity contribution in [2.24, 2.45) is 0 Å². The Balaban J connectivity index is 1.45. The molecule has 8 heteroatoms. The van der Waals surface area contributed by atoms with Gasteiger partial charge in [-0.25, -0.2) is 4.98 Å². The zero-order chi connectivity index (χ0) is 17.9. The number of benzene rings is 1. The van der Waals surface area contributed by atoms with E-state index in [-0.39, 0.29) is 12.2 Å². The van der Waals surface area contributed by atoms with Gasteiger partial charge in [-0.1, -0.05) is 36.6 Å². The average Bonchev–Trinajstić information content (AvgIpc) is 3.15. The molecule has 0 aliphatic heterocycles. The molecule has 26 heavy (non-hydrogen) atoms. The summed E-state index contributed by atoms with van der Waals surface area (Å²) >= 11 is 0. The number of para-hydroxylation sites is 2. The maximum Gasteiger partial charge on any atom is 0.280 e. The topological polar surface area (TPSA) is 114 Å². The summed E-state index contributed by atoms with van der Waals surface area (Å²) in [7, 11) is 0. The van der Waals surface area contributed by atoms with Crippen LogP contribution in [0.5, 0.6) is 0 Å². The van der Waals surface area contributed by atoms with E-state index in [0.717, 1.165) is 12.8 Å². The lowest BCUT2D eigenvalue weighted by atomic mass is 9.89. The van der Waals surface area contributed by atoms with E-state index in [1.807, 2.05) is 0 Å². The van der Waals surface area contributed by atoms with Gasteiger partial charge >= 0.3 is 0 Å². The van der Waals surface area contributed by atoms with Crippen LogP contribution < -0.4 is 10.9 Å². The Hall–Kier alpha value is -3.03. The number of aromatic nitrogens is 4. The molecule has 134 valence electrons. The van der Waals surface area contributed by atoms with Crippen LogP contribution >= 0.6 is 0 Å². The standard InChI is InChI=1S/C18H19N5O3/c24-17(15-18(25)21-13-9-5-4-8-12(13)20-15)19-10-14-22-16(23-26-14)11-6-2-1-3-7-11/h4-5,8-9,11H,1-3,6-7,10H2,(H,19,24)(H,21,25). The van der Waals surface area contributed by atoms with Gasteiger partial charge in [-0.05, 0) is 25.0 Å². The molecule has 2 N–H and O–H groups in total. The number of rotatable bonds is 4. The number of hydrogen-bond acceptors (Lipinski definition) is 6. The molecule has 4 rings (SSSR count). The Morgan fingerprint density at radius 3 is 2.85 bits per heavy atom. The molecule has 1 fully saturated rings. The highest BCUT2D eigenvalue weighted by Gasteiger charge is 2.21. The van der Waals surface area contributed by atoms with Gasteiger partial charge in [0.25, 0.3) is 11.5 Å². The second-order valence-electron chi connectivity index (χ2n) is 6.50. The van der Waals surface area contributed by atoms with Gasteiger partial charge in [0.15, 0.2) is 11.5 Å². The molecule has 0 unspecified atom stereocenters. The third kappa shape index (κ3) is 3.35. The van der Waals surface area contributed by atoms with Gasteiger partial charge in [-0.3, -0.25) is 9.59 Å². The van der Waals surface area contributed by atoms with Crippen LogP contribution in [0.25, 0.3) is 11.0 Å². The van der Waals surface area contributed by atoms with Crippen molar-refractivity contribution >= 4 is 16.9 Å². The Morgan fingerprint density at radius 2 is 2.00 bits per heavy atom. The summed E-state index contributed by atoms with van der Waals surface area (Å²) in [6, 6.07) is 7.05. The molecule has 0 atom stereocenters. The minimum absolute atomic E-state index is 0.0620. The van der Waals surface area contributed by atoms with Crippen molar-refractivity contribution in [1.29, 1.82) is 0 Å². The van der Waals surface area contributed by atoms with Crippen LogP contribution in [0.3, 0.4) is 0 Å². The lowest BCUT2D eigenvalue weighted by Crippen LogP contribution is -2.30. The fourth-order valence-corrected chi connectivity index (χ4v) is 3.29. The first-order valence-corrected chi connectivity index (χ1v) is 8.80. The summed E-state index contributed by atoms with van der Waals surface area (Å²) in [5, 5.41) is 6.65. The molecular formula is C18H19N5O3. The largest absolute Gasteiger partial charge is 0.341 e. The van der Waals surface area contributed by atoms with Gasteiger partial charge in [0.2, 0.25) is 5.89 Å². The second-order valence-corrected chi connectivity index (χ2v) is 6.50. The lowest BCUT2D eigenvalue weighted by Gasteiger charge is -2.17. The van der Waals surface area contributed by atoms with Crippen LogP contribution in [-0.2, 0) is 6.54 Å². The highest BCUT2D eigenvalue weighted by Crippen LogP contribution is 2.30. The number of carbonyl (C=O) groups excluding carboxylic acids is 1. The van der Waals surface area contributed by atoms with E-state index in [1.54, 1.807) is 24.3 Å². The minimum Gasteiger partial charge on any atom is -0.341 e. The van der Waals surface area contributed by atoms with Gasteiger partial charge in [0.05, 0.1) is 17.6 Å². The zero-order valence-electron chi connectivity index (χ0n) is 14.2. The Kier molecular flexibility index (Phi) is 4.47. The van der Waals surface area contributed by atoms with E-state index in [0.29, 0.717) is 28.7 Å². The Morgan fingerprint density at radius 1 is 1.19 bits per heavy atom. The lowest BCUT2D eigenvalue weighted by molar-refractivity contribution is 0.0940. The number of amides is 1. The number of nitrogens with one attached hydrogen (secondary N) is 2. The third-order valence-electron chi connectivity index (χ3n) is 4.67. The summed E-state index contributed by atoms with van der Waals surface area (Å²) in [6.45, 7) is 0.0620. The van der Waals surface area contributed by atoms with Crippen molar-refractivity contribution in [2.45, 2.75) is 44.6 Å². The Labute approximate surface area is 149 Å². The average molecular weight is 353 g/mol. The smallest absolute Gasteiger partial charge is 0.280 e. The number of carbonyl (C=O) groups is 1. The summed E-state index contributed by atoms with van der Waals surface area (Å²) in [5.74, 6) is 0.795. The molecule has 0 radical (unpaired) electrons. The second kappa shape index (κ2) is 7.07. The normalized spacial score (nSPS) is 15.2. The first kappa shape index (κ1) is 16.4. The maximum absolute atomic E-state index is 12.3. The molecule has 1 aromatic carbocycles. The van der Waals surface area contributed by atoms with Crippen molar-refractivity contribution in [3.63, 3.8) is 0 Å². The number of nitrogens with zero attached hydrogens (tertiary/aromatic N) is 3. The summed E-state index contributed by atoms with van der Waals surface area (Å²) < 4.78 is 5.22. The molecule has 1 amide bonds. The molecule has 3 aromatic rings. The van der Waals surface area contributed by atoms with Crippen molar-refractivity contribution in [1.82, 2.24) is 25.4 Å². The molecule has 1 saturated carbocycles. The monoisotopic (exact) mass is 353 g/mol. The van der Waals surface area contributed by atoms with Crippen molar-refractivity contribution in [3.8, 4) is 0 Å². The van der Waals surface area contributed by atoms with Gasteiger partial charge < -0.3 is 14.8 Å². The van der Waals surface area contributed by atoms with Crippen molar-refractivity contribution < 1.29 is 9.32 Å². The number of hydrogen-bond donors (Lipinski definition) is 2. The van der Waals surface area contributed by atoms with Crippen LogP contribution in [0.4, 0.5) is 0 Å². The summed E-state index contributed by atoms with van der Waals surface area (Å²) in [5.41, 5.74) is 0.419. The summed E-state index contributed by atoms with van der Waals surface area (Å²) in [4.78, 5) is 35.5. The van der Waals surface area contributed by atoms with Crippen molar-refractivity contribution in [2.75, 3.05) is 0 Å². The Bertz CT molecular complexity index is 988. The van der Waals surface area contributed by atoms with Gasteiger partial charge in [0, 0.05) is 5.92 Å². The molecule has 8 nitrogen and oxygen atoms in total. The first-order chi connectivity index (χ1) is 12.7. The number of H-pyrrole nitrogens is 1. The highest BCUT2D eigenvalue weighted by atomic mass is 16.5. The highest BCUT2D eigenvalue weighted by molar-refractivity contribution is 5.93. The van der Waals surface area contributed by atoms with Crippen LogP contribution in [0.15, 0.2) is 33.6 Å². The number of fused-ring (bicyclic) bond motifs is 1.